The fraction of sp³-hybridized carbons (Fsp3) is 0.158. The Hall–Kier alpha value is -2.71. The van der Waals surface area contributed by atoms with Gasteiger partial charge in [-0.15, -0.1) is 23.1 Å². The normalized spacial score (nSPS) is 10.6. The van der Waals surface area contributed by atoms with Gasteiger partial charge in [0.2, 0.25) is 0 Å². The molecule has 8 heteroatoms. The first-order chi connectivity index (χ1) is 13.0. The topological polar surface area (TPSA) is 85.1 Å². The molecule has 0 unspecified atom stereocenters. The summed E-state index contributed by atoms with van der Waals surface area (Å²) in [6.07, 6.45) is 0. The monoisotopic (exact) mass is 399 g/mol. The summed E-state index contributed by atoms with van der Waals surface area (Å²) in [5.41, 5.74) is 2.00. The molecule has 1 aromatic heterocycles. The molecule has 0 bridgehead atoms. The first kappa shape index (κ1) is 19.1. The highest BCUT2D eigenvalue weighted by molar-refractivity contribution is 7.98. The Balaban J connectivity index is 1.69. The van der Waals surface area contributed by atoms with Crippen molar-refractivity contribution in [2.45, 2.75) is 24.1 Å². The van der Waals surface area contributed by atoms with Crippen LogP contribution in [-0.4, -0.2) is 15.8 Å². The van der Waals surface area contributed by atoms with Gasteiger partial charge in [0.15, 0.2) is 0 Å². The fourth-order valence-corrected chi connectivity index (χ4v) is 4.18. The number of nitro groups is 1. The smallest absolute Gasteiger partial charge is 0.274 e. The van der Waals surface area contributed by atoms with Crippen LogP contribution >= 0.6 is 23.1 Å². The van der Waals surface area contributed by atoms with Gasteiger partial charge in [0.1, 0.15) is 0 Å². The average molecular weight is 399 g/mol. The number of nitrogens with one attached hydrogen (secondary N) is 1. The molecule has 3 aromatic rings. The molecule has 3 rings (SSSR count). The molecular weight excluding hydrogens is 382 g/mol. The predicted molar refractivity (Wildman–Crippen MR) is 107 cm³/mol. The van der Waals surface area contributed by atoms with Crippen LogP contribution in [0.15, 0.2) is 58.8 Å². The summed E-state index contributed by atoms with van der Waals surface area (Å²) in [7, 11) is 0. The molecule has 0 aliphatic heterocycles. The maximum atomic E-state index is 12.6. The molecule has 0 aliphatic carbocycles. The first-order valence-corrected chi connectivity index (χ1v) is 10.0. The molecule has 0 saturated carbocycles. The summed E-state index contributed by atoms with van der Waals surface area (Å²) in [6.45, 7) is 2.06. The number of benzene rings is 2. The minimum Gasteiger partial charge on any atom is -0.348 e. The SMILES string of the molecule is Cc1nc(CSc2ccccc2C(=O)NCc2ccccc2[N+](=O)[O-])cs1. The molecule has 0 saturated heterocycles. The van der Waals surface area contributed by atoms with Crippen molar-refractivity contribution in [1.82, 2.24) is 10.3 Å². The number of amides is 1. The number of rotatable bonds is 7. The summed E-state index contributed by atoms with van der Waals surface area (Å²) in [5, 5.41) is 16.9. The molecule has 0 atom stereocenters. The third-order valence-electron chi connectivity index (χ3n) is 3.80. The van der Waals surface area contributed by atoms with E-state index in [-0.39, 0.29) is 18.1 Å². The quantitative estimate of drug-likeness (QED) is 0.357. The van der Waals surface area contributed by atoms with E-state index >= 15 is 0 Å². The summed E-state index contributed by atoms with van der Waals surface area (Å²) in [5.74, 6) is 0.421. The summed E-state index contributed by atoms with van der Waals surface area (Å²) < 4.78 is 0. The van der Waals surface area contributed by atoms with E-state index < -0.39 is 4.92 Å². The lowest BCUT2D eigenvalue weighted by Gasteiger charge is -2.10. The second-order valence-electron chi connectivity index (χ2n) is 5.71. The van der Waals surface area contributed by atoms with Crippen LogP contribution in [0.2, 0.25) is 0 Å². The number of nitro benzene ring substituents is 1. The molecule has 0 fully saturated rings. The van der Waals surface area contributed by atoms with E-state index in [1.165, 1.54) is 6.07 Å². The van der Waals surface area contributed by atoms with Gasteiger partial charge >= 0.3 is 0 Å². The number of thioether (sulfide) groups is 1. The van der Waals surface area contributed by atoms with Crippen molar-refractivity contribution in [2.24, 2.45) is 0 Å². The van der Waals surface area contributed by atoms with Gasteiger partial charge in [0.25, 0.3) is 11.6 Å². The van der Waals surface area contributed by atoms with Gasteiger partial charge in [0.05, 0.1) is 21.2 Å². The minimum atomic E-state index is -0.443. The van der Waals surface area contributed by atoms with E-state index in [0.717, 1.165) is 15.6 Å². The van der Waals surface area contributed by atoms with Crippen molar-refractivity contribution in [1.29, 1.82) is 0 Å². The number of hydrogen-bond donors (Lipinski definition) is 1. The van der Waals surface area contributed by atoms with Gasteiger partial charge in [-0.3, -0.25) is 14.9 Å². The molecule has 0 radical (unpaired) electrons. The van der Waals surface area contributed by atoms with E-state index in [0.29, 0.717) is 16.9 Å². The number of hydrogen-bond acceptors (Lipinski definition) is 6. The van der Waals surface area contributed by atoms with Crippen molar-refractivity contribution in [3.05, 3.63) is 85.9 Å². The number of thiazole rings is 1. The zero-order chi connectivity index (χ0) is 19.2. The molecule has 0 spiro atoms. The maximum Gasteiger partial charge on any atom is 0.274 e. The summed E-state index contributed by atoms with van der Waals surface area (Å²) in [4.78, 5) is 28.6. The van der Waals surface area contributed by atoms with Crippen LogP contribution < -0.4 is 5.32 Å². The number of para-hydroxylation sites is 1. The lowest BCUT2D eigenvalue weighted by molar-refractivity contribution is -0.385. The first-order valence-electron chi connectivity index (χ1n) is 8.18. The summed E-state index contributed by atoms with van der Waals surface area (Å²) >= 11 is 3.15. The van der Waals surface area contributed by atoms with Crippen molar-refractivity contribution in [3.63, 3.8) is 0 Å². The lowest BCUT2D eigenvalue weighted by atomic mass is 10.1. The van der Waals surface area contributed by atoms with Crippen LogP contribution in [0.3, 0.4) is 0 Å². The molecule has 0 aliphatic rings. The Kier molecular flexibility index (Phi) is 6.20. The van der Waals surface area contributed by atoms with Crippen LogP contribution in [0.25, 0.3) is 0 Å². The highest BCUT2D eigenvalue weighted by Crippen LogP contribution is 2.27. The van der Waals surface area contributed by atoms with E-state index in [1.54, 1.807) is 53.4 Å². The Morgan fingerprint density at radius 2 is 1.96 bits per heavy atom. The molecule has 1 heterocycles. The molecule has 27 heavy (non-hydrogen) atoms. The largest absolute Gasteiger partial charge is 0.348 e. The van der Waals surface area contributed by atoms with Crippen molar-refractivity contribution in [3.8, 4) is 0 Å². The molecule has 2 aromatic carbocycles. The Bertz CT molecular complexity index is 972. The Labute approximate surface area is 164 Å². The molecule has 138 valence electrons. The van der Waals surface area contributed by atoms with Gasteiger partial charge in [-0.25, -0.2) is 4.98 Å². The number of aromatic nitrogens is 1. The Morgan fingerprint density at radius 3 is 2.70 bits per heavy atom. The van der Waals surface area contributed by atoms with Gasteiger partial charge in [-0.1, -0.05) is 30.3 Å². The molecule has 1 N–H and O–H groups in total. The van der Waals surface area contributed by atoms with Gasteiger partial charge in [-0.05, 0) is 19.1 Å². The standard InChI is InChI=1S/C19H17N3O3S2/c1-13-21-15(11-26-13)12-27-18-9-5-3-7-16(18)19(23)20-10-14-6-2-4-8-17(14)22(24)25/h2-9,11H,10,12H2,1H3,(H,20,23). The number of nitrogens with zero attached hydrogens (tertiary/aromatic N) is 2. The van der Waals surface area contributed by atoms with Crippen molar-refractivity contribution >= 4 is 34.7 Å². The lowest BCUT2D eigenvalue weighted by Crippen LogP contribution is -2.23. The third-order valence-corrected chi connectivity index (χ3v) is 5.73. The number of carbonyl (C=O) groups excluding carboxylic acids is 1. The van der Waals surface area contributed by atoms with Crippen LogP contribution in [0, 0.1) is 17.0 Å². The van der Waals surface area contributed by atoms with Crippen molar-refractivity contribution < 1.29 is 9.72 Å². The molecule has 1 amide bonds. The maximum absolute atomic E-state index is 12.6. The zero-order valence-corrected chi connectivity index (χ0v) is 16.2. The predicted octanol–water partition coefficient (Wildman–Crippen LogP) is 4.58. The summed E-state index contributed by atoms with van der Waals surface area (Å²) in [6, 6.07) is 13.7. The minimum absolute atomic E-state index is 0.000591. The highest BCUT2D eigenvalue weighted by atomic mass is 32.2. The third kappa shape index (κ3) is 4.93. The van der Waals surface area contributed by atoms with Crippen molar-refractivity contribution in [2.75, 3.05) is 0 Å². The van der Waals surface area contributed by atoms with E-state index in [9.17, 15) is 14.9 Å². The van der Waals surface area contributed by atoms with Gasteiger partial charge < -0.3 is 5.32 Å². The van der Waals surface area contributed by atoms with E-state index in [4.69, 9.17) is 0 Å². The van der Waals surface area contributed by atoms with Gasteiger partial charge in [0, 0.05) is 34.2 Å². The number of aryl methyl sites for hydroxylation is 1. The van der Waals surface area contributed by atoms with Crippen LogP contribution in [0.5, 0.6) is 0 Å². The highest BCUT2D eigenvalue weighted by Gasteiger charge is 2.15. The van der Waals surface area contributed by atoms with Crippen LogP contribution in [0.1, 0.15) is 26.6 Å². The van der Waals surface area contributed by atoms with Crippen LogP contribution in [0.4, 0.5) is 5.69 Å². The van der Waals surface area contributed by atoms with Gasteiger partial charge in [-0.2, -0.15) is 0 Å². The second kappa shape index (κ2) is 8.79. The molecular formula is C19H17N3O3S2. The zero-order valence-electron chi connectivity index (χ0n) is 14.5. The second-order valence-corrected chi connectivity index (χ2v) is 7.79. The van der Waals surface area contributed by atoms with E-state index in [2.05, 4.69) is 10.3 Å². The van der Waals surface area contributed by atoms with Crippen LogP contribution in [-0.2, 0) is 12.3 Å². The Morgan fingerprint density at radius 1 is 1.22 bits per heavy atom. The average Bonchev–Trinajstić information content (AvgIpc) is 3.10. The fourth-order valence-electron chi connectivity index (χ4n) is 2.52. The van der Waals surface area contributed by atoms with E-state index in [1.807, 2.05) is 24.4 Å². The molecule has 6 nitrogen and oxygen atoms in total. The number of carbonyl (C=O) groups is 1.